The van der Waals surface area contributed by atoms with Gasteiger partial charge in [-0.1, -0.05) is 19.1 Å². The Hall–Kier alpha value is -1.74. The molecule has 0 amide bonds. The van der Waals surface area contributed by atoms with E-state index in [9.17, 15) is 0 Å². The van der Waals surface area contributed by atoms with Gasteiger partial charge >= 0.3 is 0 Å². The number of rotatable bonds is 5. The van der Waals surface area contributed by atoms with Gasteiger partial charge in [0, 0.05) is 12.2 Å². The molecule has 0 saturated carbocycles. The van der Waals surface area contributed by atoms with Gasteiger partial charge in [-0.05, 0) is 47.5 Å². The Bertz CT molecular complexity index is 525. The van der Waals surface area contributed by atoms with Crippen molar-refractivity contribution in [2.45, 2.75) is 6.92 Å². The lowest BCUT2D eigenvalue weighted by molar-refractivity contribution is 0.415. The SMILES string of the molecule is COc1ccc2cc(NCC(C)CN)ccc2c1. The van der Waals surface area contributed by atoms with Gasteiger partial charge < -0.3 is 15.8 Å². The number of benzene rings is 2. The van der Waals surface area contributed by atoms with Crippen LogP contribution in [0.5, 0.6) is 5.75 Å². The monoisotopic (exact) mass is 244 g/mol. The Balaban J connectivity index is 2.17. The van der Waals surface area contributed by atoms with Gasteiger partial charge in [-0.25, -0.2) is 0 Å². The first-order valence-electron chi connectivity index (χ1n) is 6.24. The maximum Gasteiger partial charge on any atom is 0.119 e. The smallest absolute Gasteiger partial charge is 0.119 e. The summed E-state index contributed by atoms with van der Waals surface area (Å²) < 4.78 is 5.22. The number of fused-ring (bicyclic) bond motifs is 1. The van der Waals surface area contributed by atoms with Crippen LogP contribution in [0, 0.1) is 5.92 Å². The summed E-state index contributed by atoms with van der Waals surface area (Å²) in [4.78, 5) is 0. The van der Waals surface area contributed by atoms with E-state index in [-0.39, 0.29) is 0 Å². The average Bonchev–Trinajstić information content (AvgIpc) is 2.43. The zero-order chi connectivity index (χ0) is 13.0. The molecule has 3 heteroatoms. The van der Waals surface area contributed by atoms with E-state index in [2.05, 4.69) is 36.5 Å². The molecule has 0 spiro atoms. The number of ether oxygens (including phenoxy) is 1. The number of hydrogen-bond acceptors (Lipinski definition) is 3. The highest BCUT2D eigenvalue weighted by Gasteiger charge is 2.01. The molecule has 2 aromatic rings. The highest BCUT2D eigenvalue weighted by Crippen LogP contribution is 2.23. The van der Waals surface area contributed by atoms with E-state index in [1.54, 1.807) is 7.11 Å². The van der Waals surface area contributed by atoms with Crippen molar-refractivity contribution < 1.29 is 4.74 Å². The quantitative estimate of drug-likeness (QED) is 0.850. The molecular formula is C15H20N2O. The van der Waals surface area contributed by atoms with Crippen molar-refractivity contribution in [1.29, 1.82) is 0 Å². The van der Waals surface area contributed by atoms with Crippen LogP contribution in [0.15, 0.2) is 36.4 Å². The predicted molar refractivity (Wildman–Crippen MR) is 77.2 cm³/mol. The highest BCUT2D eigenvalue weighted by molar-refractivity contribution is 5.86. The molecule has 0 aliphatic heterocycles. The molecule has 1 atom stereocenters. The molecule has 0 aliphatic carbocycles. The van der Waals surface area contributed by atoms with Gasteiger partial charge in [0.05, 0.1) is 7.11 Å². The van der Waals surface area contributed by atoms with Gasteiger partial charge in [-0.3, -0.25) is 0 Å². The minimum Gasteiger partial charge on any atom is -0.497 e. The summed E-state index contributed by atoms with van der Waals surface area (Å²) >= 11 is 0. The Morgan fingerprint density at radius 1 is 1.17 bits per heavy atom. The zero-order valence-corrected chi connectivity index (χ0v) is 10.9. The first kappa shape index (κ1) is 12.7. The van der Waals surface area contributed by atoms with E-state index in [0.29, 0.717) is 12.5 Å². The fourth-order valence-electron chi connectivity index (χ4n) is 1.84. The number of hydrogen-bond donors (Lipinski definition) is 2. The van der Waals surface area contributed by atoms with Crippen LogP contribution in [0.4, 0.5) is 5.69 Å². The third-order valence-corrected chi connectivity index (χ3v) is 3.10. The van der Waals surface area contributed by atoms with Crippen LogP contribution >= 0.6 is 0 Å². The summed E-state index contributed by atoms with van der Waals surface area (Å²) in [6, 6.07) is 12.4. The lowest BCUT2D eigenvalue weighted by atomic mass is 10.1. The molecule has 3 N–H and O–H groups in total. The largest absolute Gasteiger partial charge is 0.497 e. The minimum absolute atomic E-state index is 0.483. The van der Waals surface area contributed by atoms with E-state index in [1.165, 1.54) is 10.8 Å². The summed E-state index contributed by atoms with van der Waals surface area (Å²) in [6.45, 7) is 3.74. The molecule has 18 heavy (non-hydrogen) atoms. The first-order chi connectivity index (χ1) is 8.72. The van der Waals surface area contributed by atoms with Crippen LogP contribution in [0.25, 0.3) is 10.8 Å². The zero-order valence-electron chi connectivity index (χ0n) is 10.9. The van der Waals surface area contributed by atoms with Crippen molar-refractivity contribution in [3.8, 4) is 5.75 Å². The van der Waals surface area contributed by atoms with Crippen molar-refractivity contribution in [1.82, 2.24) is 0 Å². The molecule has 0 fully saturated rings. The Labute approximate surface area is 108 Å². The average molecular weight is 244 g/mol. The second kappa shape index (κ2) is 5.74. The minimum atomic E-state index is 0.483. The summed E-state index contributed by atoms with van der Waals surface area (Å²) in [5.41, 5.74) is 6.74. The fraction of sp³-hybridized carbons (Fsp3) is 0.333. The summed E-state index contributed by atoms with van der Waals surface area (Å²) in [6.07, 6.45) is 0. The molecule has 1 unspecified atom stereocenters. The summed E-state index contributed by atoms with van der Waals surface area (Å²) in [7, 11) is 1.69. The highest BCUT2D eigenvalue weighted by atomic mass is 16.5. The summed E-state index contributed by atoms with van der Waals surface area (Å²) in [5.74, 6) is 1.37. The van der Waals surface area contributed by atoms with Crippen LogP contribution in [-0.2, 0) is 0 Å². The van der Waals surface area contributed by atoms with Gasteiger partial charge in [0.2, 0.25) is 0 Å². The standard InChI is InChI=1S/C15H20N2O/c1-11(9-16)10-17-14-5-3-13-8-15(18-2)6-4-12(13)7-14/h3-8,11,17H,9-10,16H2,1-2H3. The number of anilines is 1. The maximum absolute atomic E-state index is 5.60. The van der Waals surface area contributed by atoms with E-state index in [0.717, 1.165) is 18.0 Å². The number of nitrogens with one attached hydrogen (secondary N) is 1. The molecule has 0 bridgehead atoms. The fourth-order valence-corrected chi connectivity index (χ4v) is 1.84. The van der Waals surface area contributed by atoms with Gasteiger partial charge in [-0.2, -0.15) is 0 Å². The third kappa shape index (κ3) is 2.93. The lowest BCUT2D eigenvalue weighted by Crippen LogP contribution is -2.19. The summed E-state index contributed by atoms with van der Waals surface area (Å²) in [5, 5.41) is 5.80. The van der Waals surface area contributed by atoms with Gasteiger partial charge in [0.25, 0.3) is 0 Å². The second-order valence-corrected chi connectivity index (χ2v) is 4.65. The lowest BCUT2D eigenvalue weighted by Gasteiger charge is -2.12. The van der Waals surface area contributed by atoms with E-state index in [1.807, 2.05) is 12.1 Å². The van der Waals surface area contributed by atoms with Crippen molar-refractivity contribution in [3.05, 3.63) is 36.4 Å². The molecule has 0 radical (unpaired) electrons. The van der Waals surface area contributed by atoms with Crippen LogP contribution in [0.1, 0.15) is 6.92 Å². The Kier molecular flexibility index (Phi) is 4.05. The van der Waals surface area contributed by atoms with E-state index in [4.69, 9.17) is 10.5 Å². The van der Waals surface area contributed by atoms with Crippen molar-refractivity contribution in [2.75, 3.05) is 25.5 Å². The second-order valence-electron chi connectivity index (χ2n) is 4.65. The number of nitrogens with two attached hydrogens (primary N) is 1. The maximum atomic E-state index is 5.60. The third-order valence-electron chi connectivity index (χ3n) is 3.10. The molecule has 2 aromatic carbocycles. The van der Waals surface area contributed by atoms with Gasteiger partial charge in [-0.15, -0.1) is 0 Å². The van der Waals surface area contributed by atoms with E-state index < -0.39 is 0 Å². The van der Waals surface area contributed by atoms with Crippen LogP contribution in [0.2, 0.25) is 0 Å². The van der Waals surface area contributed by atoms with Crippen molar-refractivity contribution in [2.24, 2.45) is 11.7 Å². The van der Waals surface area contributed by atoms with Crippen LogP contribution in [0.3, 0.4) is 0 Å². The van der Waals surface area contributed by atoms with Crippen LogP contribution in [-0.4, -0.2) is 20.2 Å². The first-order valence-corrected chi connectivity index (χ1v) is 6.24. The Morgan fingerprint density at radius 2 is 1.89 bits per heavy atom. The molecule has 0 aliphatic rings. The molecule has 0 saturated heterocycles. The van der Waals surface area contributed by atoms with Crippen molar-refractivity contribution >= 4 is 16.5 Å². The van der Waals surface area contributed by atoms with Crippen LogP contribution < -0.4 is 15.8 Å². The van der Waals surface area contributed by atoms with E-state index >= 15 is 0 Å². The molecule has 3 nitrogen and oxygen atoms in total. The molecule has 0 heterocycles. The Morgan fingerprint density at radius 3 is 2.61 bits per heavy atom. The molecule has 2 rings (SSSR count). The van der Waals surface area contributed by atoms with Gasteiger partial charge in [0.15, 0.2) is 0 Å². The predicted octanol–water partition coefficient (Wildman–Crippen LogP) is 2.86. The molecule has 96 valence electrons. The van der Waals surface area contributed by atoms with Crippen molar-refractivity contribution in [3.63, 3.8) is 0 Å². The van der Waals surface area contributed by atoms with Gasteiger partial charge in [0.1, 0.15) is 5.75 Å². The number of methoxy groups -OCH3 is 1. The normalized spacial score (nSPS) is 12.4. The topological polar surface area (TPSA) is 47.3 Å². The molecular weight excluding hydrogens is 224 g/mol. The molecule has 0 aromatic heterocycles.